The van der Waals surface area contributed by atoms with Crippen LogP contribution in [0.2, 0.25) is 0 Å². The zero-order valence-electron chi connectivity index (χ0n) is 15.0. The summed E-state index contributed by atoms with van der Waals surface area (Å²) in [6.45, 7) is 7.30. The molecule has 0 saturated carbocycles. The minimum Gasteiger partial charge on any atom is -0.358 e. The lowest BCUT2D eigenvalue weighted by molar-refractivity contribution is -0.122. The maximum absolute atomic E-state index is 12.8. The lowest BCUT2D eigenvalue weighted by Gasteiger charge is -2.34. The van der Waals surface area contributed by atoms with Gasteiger partial charge in [0.2, 0.25) is 5.91 Å². The smallest absolute Gasteiger partial charge is 0.254 e. The van der Waals surface area contributed by atoms with Gasteiger partial charge in [0.05, 0.1) is 23.9 Å². The average Bonchev–Trinajstić information content (AvgIpc) is 3.05. The predicted molar refractivity (Wildman–Crippen MR) is 96.5 cm³/mol. The van der Waals surface area contributed by atoms with Crippen LogP contribution in [0, 0.1) is 0 Å². The number of benzene rings is 1. The first kappa shape index (κ1) is 17.4. The molecule has 7 nitrogen and oxygen atoms in total. The molecule has 0 atom stereocenters. The molecule has 1 N–H and O–H groups in total. The normalized spacial score (nSPS) is 15.8. The van der Waals surface area contributed by atoms with E-state index < -0.39 is 0 Å². The average molecular weight is 343 g/mol. The number of carbonyl (C=O) groups excluding carboxylic acids is 2. The van der Waals surface area contributed by atoms with E-state index in [1.54, 1.807) is 7.05 Å². The van der Waals surface area contributed by atoms with Crippen molar-refractivity contribution in [2.75, 3.05) is 39.8 Å². The molecule has 1 aliphatic rings. The molecule has 1 aliphatic heterocycles. The molecule has 134 valence electrons. The van der Waals surface area contributed by atoms with E-state index >= 15 is 0 Å². The molecule has 25 heavy (non-hydrogen) atoms. The van der Waals surface area contributed by atoms with E-state index in [4.69, 9.17) is 0 Å². The third-order valence-electron chi connectivity index (χ3n) is 4.68. The van der Waals surface area contributed by atoms with Crippen LogP contribution in [0.25, 0.3) is 11.0 Å². The summed E-state index contributed by atoms with van der Waals surface area (Å²) in [7, 11) is 1.64. The second kappa shape index (κ2) is 7.23. The first-order chi connectivity index (χ1) is 12.0. The summed E-state index contributed by atoms with van der Waals surface area (Å²) in [4.78, 5) is 32.5. The van der Waals surface area contributed by atoms with Gasteiger partial charge in [-0.15, -0.1) is 0 Å². The number of hydrogen-bond donors (Lipinski definition) is 1. The lowest BCUT2D eigenvalue weighted by atomic mass is 10.1. The number of aromatic nitrogens is 2. The largest absolute Gasteiger partial charge is 0.358 e. The van der Waals surface area contributed by atoms with Crippen LogP contribution in [0.3, 0.4) is 0 Å². The van der Waals surface area contributed by atoms with Crippen molar-refractivity contribution in [3.63, 3.8) is 0 Å². The lowest BCUT2D eigenvalue weighted by Crippen LogP contribution is -2.50. The summed E-state index contributed by atoms with van der Waals surface area (Å²) in [5.74, 6) is 0.0338. The number of likely N-dealkylation sites (N-methyl/N-ethyl adjacent to an activating group) is 1. The van der Waals surface area contributed by atoms with Crippen molar-refractivity contribution in [2.24, 2.45) is 0 Å². The van der Waals surface area contributed by atoms with Crippen LogP contribution in [0.4, 0.5) is 0 Å². The number of piperazine rings is 1. The van der Waals surface area contributed by atoms with E-state index in [0.717, 1.165) is 11.0 Å². The van der Waals surface area contributed by atoms with Crippen LogP contribution in [0.5, 0.6) is 0 Å². The van der Waals surface area contributed by atoms with Gasteiger partial charge in [-0.25, -0.2) is 4.98 Å². The Morgan fingerprint density at radius 2 is 1.92 bits per heavy atom. The van der Waals surface area contributed by atoms with E-state index in [-0.39, 0.29) is 11.8 Å². The number of rotatable bonds is 4. The van der Waals surface area contributed by atoms with E-state index in [0.29, 0.717) is 44.3 Å². The molecule has 0 aliphatic carbocycles. The fourth-order valence-electron chi connectivity index (χ4n) is 3.15. The van der Waals surface area contributed by atoms with Gasteiger partial charge in [-0.3, -0.25) is 14.5 Å². The van der Waals surface area contributed by atoms with Crippen LogP contribution in [0.1, 0.15) is 30.2 Å². The van der Waals surface area contributed by atoms with Gasteiger partial charge in [-0.05, 0) is 32.0 Å². The molecule has 0 bridgehead atoms. The topological polar surface area (TPSA) is 70.5 Å². The first-order valence-electron chi connectivity index (χ1n) is 8.68. The highest BCUT2D eigenvalue weighted by Gasteiger charge is 2.23. The highest BCUT2D eigenvalue weighted by molar-refractivity contribution is 5.97. The van der Waals surface area contributed by atoms with E-state index in [9.17, 15) is 9.59 Å². The molecule has 1 fully saturated rings. The molecule has 2 aromatic rings. The fraction of sp³-hybridized carbons (Fsp3) is 0.500. The van der Waals surface area contributed by atoms with Crippen LogP contribution in [0.15, 0.2) is 24.5 Å². The van der Waals surface area contributed by atoms with E-state index in [1.807, 2.05) is 29.4 Å². The Hall–Kier alpha value is -2.41. The van der Waals surface area contributed by atoms with Gasteiger partial charge in [-0.2, -0.15) is 0 Å². The number of nitrogens with one attached hydrogen (secondary N) is 1. The van der Waals surface area contributed by atoms with Crippen molar-refractivity contribution in [3.8, 4) is 0 Å². The summed E-state index contributed by atoms with van der Waals surface area (Å²) in [5.41, 5.74) is 2.56. The number of amides is 2. The van der Waals surface area contributed by atoms with Gasteiger partial charge in [0.1, 0.15) is 0 Å². The van der Waals surface area contributed by atoms with Crippen LogP contribution >= 0.6 is 0 Å². The van der Waals surface area contributed by atoms with Crippen molar-refractivity contribution in [1.29, 1.82) is 0 Å². The van der Waals surface area contributed by atoms with Crippen molar-refractivity contribution in [2.45, 2.75) is 19.9 Å². The third kappa shape index (κ3) is 3.66. The molecule has 1 aromatic carbocycles. The predicted octanol–water partition coefficient (Wildman–Crippen LogP) is 1.12. The van der Waals surface area contributed by atoms with Gasteiger partial charge in [-0.1, -0.05) is 0 Å². The maximum Gasteiger partial charge on any atom is 0.254 e. The first-order valence-corrected chi connectivity index (χ1v) is 8.68. The van der Waals surface area contributed by atoms with Gasteiger partial charge < -0.3 is 14.8 Å². The standard InChI is InChI=1S/C18H25N5O2/c1-13(2)23-12-20-15-10-14(4-5-16(15)23)18(25)22-8-6-21(7-9-22)11-17(24)19-3/h4-5,10,12-13H,6-9,11H2,1-3H3,(H,19,24). The molecule has 1 aromatic heterocycles. The number of hydrogen-bond acceptors (Lipinski definition) is 4. The minimum atomic E-state index is 0.00552. The monoisotopic (exact) mass is 343 g/mol. The number of imidazole rings is 1. The molecule has 0 unspecified atom stereocenters. The molecule has 0 radical (unpaired) electrons. The second-order valence-corrected chi connectivity index (χ2v) is 6.69. The summed E-state index contributed by atoms with van der Waals surface area (Å²) >= 11 is 0. The van der Waals surface area contributed by atoms with Gasteiger partial charge >= 0.3 is 0 Å². The summed E-state index contributed by atoms with van der Waals surface area (Å²) in [6.07, 6.45) is 1.82. The molecule has 2 heterocycles. The van der Waals surface area contributed by atoms with E-state index in [1.165, 1.54) is 0 Å². The van der Waals surface area contributed by atoms with Gasteiger partial charge in [0.25, 0.3) is 5.91 Å². The van der Waals surface area contributed by atoms with Crippen molar-refractivity contribution in [1.82, 2.24) is 24.7 Å². The maximum atomic E-state index is 12.8. The SMILES string of the molecule is CNC(=O)CN1CCN(C(=O)c2ccc3c(c2)ncn3C(C)C)CC1. The van der Waals surface area contributed by atoms with Gasteiger partial charge in [0, 0.05) is 44.8 Å². The molecule has 1 saturated heterocycles. The quantitative estimate of drug-likeness (QED) is 0.903. The Labute approximate surface area is 147 Å². The highest BCUT2D eigenvalue weighted by Crippen LogP contribution is 2.20. The summed E-state index contributed by atoms with van der Waals surface area (Å²) < 4.78 is 2.10. The Kier molecular flexibility index (Phi) is 5.03. The Balaban J connectivity index is 1.67. The second-order valence-electron chi connectivity index (χ2n) is 6.69. The van der Waals surface area contributed by atoms with Crippen molar-refractivity contribution >= 4 is 22.8 Å². The Morgan fingerprint density at radius 1 is 1.20 bits per heavy atom. The van der Waals surface area contributed by atoms with Crippen LogP contribution in [-0.4, -0.2) is 70.9 Å². The van der Waals surface area contributed by atoms with Gasteiger partial charge in [0.15, 0.2) is 0 Å². The Bertz CT molecular complexity index is 775. The zero-order valence-corrected chi connectivity index (χ0v) is 15.0. The molecule has 2 amide bonds. The molecular weight excluding hydrogens is 318 g/mol. The summed E-state index contributed by atoms with van der Waals surface area (Å²) in [5, 5.41) is 2.63. The number of fused-ring (bicyclic) bond motifs is 1. The molecule has 3 rings (SSSR count). The van der Waals surface area contributed by atoms with Crippen molar-refractivity contribution in [3.05, 3.63) is 30.1 Å². The third-order valence-corrected chi connectivity index (χ3v) is 4.68. The molecule has 0 spiro atoms. The minimum absolute atomic E-state index is 0.00552. The molecule has 7 heteroatoms. The number of nitrogens with zero attached hydrogens (tertiary/aromatic N) is 4. The fourth-order valence-corrected chi connectivity index (χ4v) is 3.15. The van der Waals surface area contributed by atoms with Crippen LogP contribution < -0.4 is 5.32 Å². The molecular formula is C18H25N5O2. The van der Waals surface area contributed by atoms with E-state index in [2.05, 4.69) is 33.6 Å². The summed E-state index contributed by atoms with van der Waals surface area (Å²) in [6, 6.07) is 6.05. The zero-order chi connectivity index (χ0) is 18.0. The van der Waals surface area contributed by atoms with Crippen molar-refractivity contribution < 1.29 is 9.59 Å². The Morgan fingerprint density at radius 3 is 2.56 bits per heavy atom. The van der Waals surface area contributed by atoms with Crippen LogP contribution in [-0.2, 0) is 4.79 Å². The highest BCUT2D eigenvalue weighted by atomic mass is 16.2. The number of carbonyl (C=O) groups is 2.